The van der Waals surface area contributed by atoms with Crippen molar-refractivity contribution in [1.82, 2.24) is 5.32 Å². The van der Waals surface area contributed by atoms with Crippen LogP contribution >= 0.6 is 0 Å². The highest BCUT2D eigenvalue weighted by atomic mass is 16.1. The first-order valence-electron chi connectivity index (χ1n) is 6.80. The lowest BCUT2D eigenvalue weighted by Gasteiger charge is -2.15. The highest BCUT2D eigenvalue weighted by Crippen LogP contribution is 2.17. The lowest BCUT2D eigenvalue weighted by Crippen LogP contribution is -2.18. The second kappa shape index (κ2) is 6.87. The number of amides is 1. The van der Waals surface area contributed by atoms with Crippen molar-refractivity contribution in [2.45, 2.75) is 26.4 Å². The van der Waals surface area contributed by atoms with Crippen molar-refractivity contribution in [3.8, 4) is 0 Å². The molecular weight excluding hydrogens is 248 g/mol. The molecule has 0 radical (unpaired) electrons. The number of anilines is 1. The van der Waals surface area contributed by atoms with Gasteiger partial charge in [-0.05, 0) is 30.2 Å². The molecule has 104 valence electrons. The third-order valence-electron chi connectivity index (χ3n) is 3.16. The summed E-state index contributed by atoms with van der Waals surface area (Å²) in [4.78, 5) is 11.1. The van der Waals surface area contributed by atoms with E-state index in [2.05, 4.69) is 35.8 Å². The van der Waals surface area contributed by atoms with E-state index in [1.807, 2.05) is 36.4 Å². The quantitative estimate of drug-likeness (QED) is 0.871. The first-order chi connectivity index (χ1) is 9.65. The van der Waals surface area contributed by atoms with E-state index in [0.717, 1.165) is 17.8 Å². The smallest absolute Gasteiger partial charge is 0.221 e. The van der Waals surface area contributed by atoms with Gasteiger partial charge in [0.05, 0.1) is 0 Å². The average molecular weight is 268 g/mol. The molecule has 0 spiro atoms. The predicted octanol–water partition coefficient (Wildman–Crippen LogP) is 3.50. The summed E-state index contributed by atoms with van der Waals surface area (Å²) in [6.45, 7) is 4.46. The lowest BCUT2D eigenvalue weighted by atomic mass is 10.1. The van der Waals surface area contributed by atoms with Crippen molar-refractivity contribution < 1.29 is 4.79 Å². The van der Waals surface area contributed by atoms with Crippen LogP contribution in [0, 0.1) is 0 Å². The fourth-order valence-electron chi connectivity index (χ4n) is 2.07. The van der Waals surface area contributed by atoms with Crippen molar-refractivity contribution in [3.05, 3.63) is 65.7 Å². The molecule has 0 aliphatic heterocycles. The maximum Gasteiger partial charge on any atom is 0.221 e. The van der Waals surface area contributed by atoms with Crippen LogP contribution < -0.4 is 10.6 Å². The number of carbonyl (C=O) groups excluding carboxylic acids is 1. The van der Waals surface area contributed by atoms with E-state index in [1.54, 1.807) is 0 Å². The number of rotatable bonds is 5. The Morgan fingerprint density at radius 3 is 2.55 bits per heavy atom. The van der Waals surface area contributed by atoms with Gasteiger partial charge in [0.1, 0.15) is 0 Å². The number of benzene rings is 2. The molecule has 2 N–H and O–H groups in total. The van der Waals surface area contributed by atoms with Gasteiger partial charge in [-0.3, -0.25) is 4.79 Å². The Balaban J connectivity index is 1.98. The van der Waals surface area contributed by atoms with Crippen LogP contribution in [-0.4, -0.2) is 5.91 Å². The van der Waals surface area contributed by atoms with E-state index in [9.17, 15) is 4.79 Å². The zero-order chi connectivity index (χ0) is 14.4. The van der Waals surface area contributed by atoms with E-state index < -0.39 is 0 Å². The minimum atomic E-state index is -0.0490. The summed E-state index contributed by atoms with van der Waals surface area (Å²) in [5.74, 6) is -0.0490. The Morgan fingerprint density at radius 2 is 1.85 bits per heavy atom. The Hall–Kier alpha value is -2.13. The summed E-state index contributed by atoms with van der Waals surface area (Å²) in [7, 11) is 0. The molecule has 20 heavy (non-hydrogen) atoms. The van der Waals surface area contributed by atoms with Crippen LogP contribution in [-0.2, 0) is 11.3 Å². The Morgan fingerprint density at radius 1 is 1.10 bits per heavy atom. The van der Waals surface area contributed by atoms with Crippen molar-refractivity contribution >= 4 is 11.6 Å². The largest absolute Gasteiger partial charge is 0.326 e. The van der Waals surface area contributed by atoms with Gasteiger partial charge >= 0.3 is 0 Å². The SMILES string of the molecule is CC(=O)Nc1cccc(C(C)NCc2ccccc2)c1. The number of hydrogen-bond donors (Lipinski definition) is 2. The summed E-state index contributed by atoms with van der Waals surface area (Å²) in [5.41, 5.74) is 3.26. The molecule has 0 fully saturated rings. The zero-order valence-electron chi connectivity index (χ0n) is 11.9. The predicted molar refractivity (Wildman–Crippen MR) is 82.4 cm³/mol. The van der Waals surface area contributed by atoms with E-state index in [0.29, 0.717) is 0 Å². The van der Waals surface area contributed by atoms with Crippen LogP contribution in [0.2, 0.25) is 0 Å². The van der Waals surface area contributed by atoms with Crippen molar-refractivity contribution in [2.24, 2.45) is 0 Å². The summed E-state index contributed by atoms with van der Waals surface area (Å²) in [6.07, 6.45) is 0. The molecule has 0 saturated heterocycles. The summed E-state index contributed by atoms with van der Waals surface area (Å²) >= 11 is 0. The highest BCUT2D eigenvalue weighted by Gasteiger charge is 2.06. The van der Waals surface area contributed by atoms with Crippen LogP contribution in [0.1, 0.15) is 31.0 Å². The fraction of sp³-hybridized carbons (Fsp3) is 0.235. The van der Waals surface area contributed by atoms with Gasteiger partial charge in [0.2, 0.25) is 5.91 Å². The Kier molecular flexibility index (Phi) is 4.91. The summed E-state index contributed by atoms with van der Waals surface area (Å²) in [5, 5.41) is 6.29. The molecule has 0 bridgehead atoms. The molecule has 1 atom stereocenters. The average Bonchev–Trinajstić information content (AvgIpc) is 2.45. The topological polar surface area (TPSA) is 41.1 Å². The van der Waals surface area contributed by atoms with Crippen molar-refractivity contribution in [1.29, 1.82) is 0 Å². The lowest BCUT2D eigenvalue weighted by molar-refractivity contribution is -0.114. The van der Waals surface area contributed by atoms with Crippen molar-refractivity contribution in [3.63, 3.8) is 0 Å². The molecule has 1 amide bonds. The fourth-order valence-corrected chi connectivity index (χ4v) is 2.07. The molecule has 2 aromatic rings. The molecule has 3 nitrogen and oxygen atoms in total. The molecule has 3 heteroatoms. The van der Waals surface area contributed by atoms with Crippen LogP contribution in [0.3, 0.4) is 0 Å². The van der Waals surface area contributed by atoms with Gasteiger partial charge in [0, 0.05) is 25.2 Å². The van der Waals surface area contributed by atoms with E-state index in [-0.39, 0.29) is 11.9 Å². The number of hydrogen-bond acceptors (Lipinski definition) is 2. The minimum absolute atomic E-state index is 0.0490. The van der Waals surface area contributed by atoms with Gasteiger partial charge in [-0.1, -0.05) is 42.5 Å². The second-order valence-corrected chi connectivity index (χ2v) is 4.89. The van der Waals surface area contributed by atoms with Gasteiger partial charge in [0.25, 0.3) is 0 Å². The monoisotopic (exact) mass is 268 g/mol. The van der Waals surface area contributed by atoms with Crippen molar-refractivity contribution in [2.75, 3.05) is 5.32 Å². The normalized spacial score (nSPS) is 11.9. The number of nitrogens with one attached hydrogen (secondary N) is 2. The molecule has 0 aliphatic rings. The third kappa shape index (κ3) is 4.21. The maximum atomic E-state index is 11.1. The Labute approximate surface area is 120 Å². The molecular formula is C17H20N2O. The molecule has 2 aromatic carbocycles. The van der Waals surface area contributed by atoms with Crippen LogP contribution in [0.25, 0.3) is 0 Å². The maximum absolute atomic E-state index is 11.1. The van der Waals surface area contributed by atoms with E-state index in [1.165, 1.54) is 12.5 Å². The third-order valence-corrected chi connectivity index (χ3v) is 3.16. The zero-order valence-corrected chi connectivity index (χ0v) is 11.9. The van der Waals surface area contributed by atoms with E-state index >= 15 is 0 Å². The number of carbonyl (C=O) groups is 1. The van der Waals surface area contributed by atoms with Gasteiger partial charge in [-0.25, -0.2) is 0 Å². The van der Waals surface area contributed by atoms with Crippen LogP contribution in [0.4, 0.5) is 5.69 Å². The minimum Gasteiger partial charge on any atom is -0.326 e. The van der Waals surface area contributed by atoms with Crippen LogP contribution in [0.5, 0.6) is 0 Å². The molecule has 0 aromatic heterocycles. The first kappa shape index (κ1) is 14.3. The molecule has 2 rings (SSSR count). The first-order valence-corrected chi connectivity index (χ1v) is 6.80. The molecule has 0 aliphatic carbocycles. The molecule has 0 saturated carbocycles. The Bertz CT molecular complexity index is 566. The van der Waals surface area contributed by atoms with Gasteiger partial charge < -0.3 is 10.6 Å². The van der Waals surface area contributed by atoms with Gasteiger partial charge in [-0.2, -0.15) is 0 Å². The van der Waals surface area contributed by atoms with Crippen LogP contribution in [0.15, 0.2) is 54.6 Å². The standard InChI is InChI=1S/C17H20N2O/c1-13(18-12-15-7-4-3-5-8-15)16-9-6-10-17(11-16)19-14(2)20/h3-11,13,18H,12H2,1-2H3,(H,19,20). The molecule has 1 unspecified atom stereocenters. The van der Waals surface area contributed by atoms with E-state index in [4.69, 9.17) is 0 Å². The second-order valence-electron chi connectivity index (χ2n) is 4.89. The van der Waals surface area contributed by atoms with Gasteiger partial charge in [0.15, 0.2) is 0 Å². The highest BCUT2D eigenvalue weighted by molar-refractivity contribution is 5.88. The van der Waals surface area contributed by atoms with Gasteiger partial charge in [-0.15, -0.1) is 0 Å². The molecule has 0 heterocycles. The summed E-state index contributed by atoms with van der Waals surface area (Å²) < 4.78 is 0. The summed E-state index contributed by atoms with van der Waals surface area (Å²) in [6, 6.07) is 18.5.